The van der Waals surface area contributed by atoms with E-state index in [0.29, 0.717) is 12.4 Å². The Kier molecular flexibility index (Phi) is 3.33. The van der Waals surface area contributed by atoms with Crippen LogP contribution in [0.2, 0.25) is 0 Å². The van der Waals surface area contributed by atoms with Crippen molar-refractivity contribution in [2.45, 2.75) is 6.92 Å². The number of nitrogens with two attached hydrogens (primary N) is 1. The van der Waals surface area contributed by atoms with Crippen LogP contribution in [0.25, 0.3) is 11.3 Å². The fourth-order valence-electron chi connectivity index (χ4n) is 1.44. The van der Waals surface area contributed by atoms with Crippen LogP contribution in [0.1, 0.15) is 6.92 Å². The Morgan fingerprint density at radius 2 is 2.31 bits per heavy atom. The van der Waals surface area contributed by atoms with E-state index in [2.05, 4.69) is 32.8 Å². The molecule has 0 amide bonds. The molecule has 1 aromatic carbocycles. The van der Waals surface area contributed by atoms with Gasteiger partial charge >= 0.3 is 0 Å². The lowest BCUT2D eigenvalue weighted by molar-refractivity contribution is 0.340. The number of aromatic amines is 1. The second-order valence-electron chi connectivity index (χ2n) is 3.26. The van der Waals surface area contributed by atoms with Crippen LogP contribution in [-0.4, -0.2) is 16.8 Å². The number of rotatable bonds is 3. The van der Waals surface area contributed by atoms with Gasteiger partial charge in [-0.15, -0.1) is 0 Å². The monoisotopic (exact) mass is 329 g/mol. The highest BCUT2D eigenvalue weighted by molar-refractivity contribution is 14.1. The quantitative estimate of drug-likeness (QED) is 0.851. The molecule has 4 nitrogen and oxygen atoms in total. The lowest BCUT2D eigenvalue weighted by Gasteiger charge is -2.04. The second kappa shape index (κ2) is 4.73. The fraction of sp³-hybridized carbons (Fsp3) is 0.182. The maximum atomic E-state index is 5.69. The zero-order chi connectivity index (χ0) is 11.5. The van der Waals surface area contributed by atoms with Gasteiger partial charge in [0, 0.05) is 5.56 Å². The summed E-state index contributed by atoms with van der Waals surface area (Å²) >= 11 is 2.18. The summed E-state index contributed by atoms with van der Waals surface area (Å²) in [6, 6.07) is 7.85. The van der Waals surface area contributed by atoms with Gasteiger partial charge in [-0.3, -0.25) is 5.10 Å². The fourth-order valence-corrected chi connectivity index (χ4v) is 1.99. The summed E-state index contributed by atoms with van der Waals surface area (Å²) in [6.45, 7) is 2.62. The largest absolute Gasteiger partial charge is 0.494 e. The number of anilines is 1. The average molecular weight is 329 g/mol. The minimum absolute atomic E-state index is 0.525. The molecule has 0 saturated heterocycles. The van der Waals surface area contributed by atoms with Crippen LogP contribution in [0.15, 0.2) is 24.3 Å². The highest BCUT2D eigenvalue weighted by atomic mass is 127. The molecule has 2 rings (SSSR count). The summed E-state index contributed by atoms with van der Waals surface area (Å²) in [5.74, 6) is 1.38. The molecule has 16 heavy (non-hydrogen) atoms. The molecule has 0 aliphatic rings. The molecule has 0 fully saturated rings. The third-order valence-corrected chi connectivity index (χ3v) is 3.26. The highest BCUT2D eigenvalue weighted by Gasteiger charge is 2.10. The Hall–Kier alpha value is -1.24. The number of benzene rings is 1. The van der Waals surface area contributed by atoms with Crippen molar-refractivity contribution in [2.75, 3.05) is 12.3 Å². The molecule has 1 aromatic heterocycles. The molecule has 84 valence electrons. The summed E-state index contributed by atoms with van der Waals surface area (Å²) < 4.78 is 6.38. The first kappa shape index (κ1) is 11.3. The van der Waals surface area contributed by atoms with Crippen molar-refractivity contribution in [3.8, 4) is 17.0 Å². The number of ether oxygens (including phenoxy) is 1. The van der Waals surface area contributed by atoms with Gasteiger partial charge in [-0.25, -0.2) is 0 Å². The molecule has 0 saturated carbocycles. The van der Waals surface area contributed by atoms with Crippen LogP contribution in [0.5, 0.6) is 5.75 Å². The first-order valence-corrected chi connectivity index (χ1v) is 6.02. The number of aromatic nitrogens is 2. The third kappa shape index (κ3) is 2.13. The van der Waals surface area contributed by atoms with Gasteiger partial charge in [-0.1, -0.05) is 12.1 Å². The maximum absolute atomic E-state index is 5.69. The van der Waals surface area contributed by atoms with Crippen molar-refractivity contribution in [3.05, 3.63) is 27.8 Å². The molecule has 0 bridgehead atoms. The number of nitrogens with zero attached hydrogens (tertiary/aromatic N) is 1. The Morgan fingerprint density at radius 3 is 2.94 bits per heavy atom. The lowest BCUT2D eigenvalue weighted by atomic mass is 10.1. The number of H-pyrrole nitrogens is 1. The predicted molar refractivity (Wildman–Crippen MR) is 72.3 cm³/mol. The van der Waals surface area contributed by atoms with Crippen LogP contribution in [0, 0.1) is 3.57 Å². The van der Waals surface area contributed by atoms with Gasteiger partial charge < -0.3 is 10.5 Å². The number of hydrogen-bond donors (Lipinski definition) is 2. The SMILES string of the molecule is CCOc1cccc(-c2[nH]nc(N)c2I)c1. The van der Waals surface area contributed by atoms with Gasteiger partial charge in [0.2, 0.25) is 0 Å². The second-order valence-corrected chi connectivity index (χ2v) is 4.34. The smallest absolute Gasteiger partial charge is 0.159 e. The molecule has 0 aliphatic carbocycles. The van der Waals surface area contributed by atoms with Crippen LogP contribution in [0.3, 0.4) is 0 Å². The molecule has 2 aromatic rings. The van der Waals surface area contributed by atoms with E-state index in [1.165, 1.54) is 0 Å². The normalized spacial score (nSPS) is 10.4. The van der Waals surface area contributed by atoms with Gasteiger partial charge in [0.25, 0.3) is 0 Å². The zero-order valence-corrected chi connectivity index (χ0v) is 11.0. The predicted octanol–water partition coefficient (Wildman–Crippen LogP) is 2.66. The van der Waals surface area contributed by atoms with Gasteiger partial charge in [-0.05, 0) is 41.6 Å². The van der Waals surface area contributed by atoms with Crippen LogP contribution < -0.4 is 10.5 Å². The first-order chi connectivity index (χ1) is 7.72. The van der Waals surface area contributed by atoms with Crippen molar-refractivity contribution in [1.82, 2.24) is 10.2 Å². The van der Waals surface area contributed by atoms with E-state index in [-0.39, 0.29) is 0 Å². The van der Waals surface area contributed by atoms with Crippen molar-refractivity contribution in [3.63, 3.8) is 0 Å². The summed E-state index contributed by atoms with van der Waals surface area (Å²) in [7, 11) is 0. The molecular formula is C11H12IN3O. The van der Waals surface area contributed by atoms with E-state index in [0.717, 1.165) is 20.6 Å². The molecule has 3 N–H and O–H groups in total. The Balaban J connectivity index is 2.40. The zero-order valence-electron chi connectivity index (χ0n) is 8.83. The number of halogens is 1. The van der Waals surface area contributed by atoms with Crippen LogP contribution >= 0.6 is 22.6 Å². The molecule has 0 aliphatic heterocycles. The first-order valence-electron chi connectivity index (χ1n) is 4.95. The topological polar surface area (TPSA) is 63.9 Å². The summed E-state index contributed by atoms with van der Waals surface area (Å²) in [5.41, 5.74) is 7.65. The van der Waals surface area contributed by atoms with Gasteiger partial charge in [0.1, 0.15) is 5.75 Å². The van der Waals surface area contributed by atoms with Crippen LogP contribution in [-0.2, 0) is 0 Å². The van der Waals surface area contributed by atoms with E-state index in [4.69, 9.17) is 10.5 Å². The standard InChI is InChI=1S/C11H12IN3O/c1-2-16-8-5-3-4-7(6-8)10-9(12)11(13)15-14-10/h3-6H,2H2,1H3,(H3,13,14,15). The molecule has 0 atom stereocenters. The van der Waals surface area contributed by atoms with E-state index in [1.54, 1.807) is 0 Å². The van der Waals surface area contributed by atoms with E-state index in [1.807, 2.05) is 31.2 Å². The maximum Gasteiger partial charge on any atom is 0.159 e. The summed E-state index contributed by atoms with van der Waals surface area (Å²) in [5, 5.41) is 6.89. The van der Waals surface area contributed by atoms with Gasteiger partial charge in [0.15, 0.2) is 5.82 Å². The molecule has 5 heteroatoms. The minimum atomic E-state index is 0.525. The summed E-state index contributed by atoms with van der Waals surface area (Å²) in [4.78, 5) is 0. The third-order valence-electron chi connectivity index (χ3n) is 2.17. The summed E-state index contributed by atoms with van der Waals surface area (Å²) in [6.07, 6.45) is 0. The number of hydrogen-bond acceptors (Lipinski definition) is 3. The van der Waals surface area contributed by atoms with Gasteiger partial charge in [-0.2, -0.15) is 5.10 Å². The Labute approximate surface area is 107 Å². The van der Waals surface area contributed by atoms with E-state index >= 15 is 0 Å². The number of nitrogen functional groups attached to an aromatic ring is 1. The lowest BCUT2D eigenvalue weighted by Crippen LogP contribution is -1.91. The Bertz CT molecular complexity index is 496. The van der Waals surface area contributed by atoms with E-state index in [9.17, 15) is 0 Å². The van der Waals surface area contributed by atoms with Crippen molar-refractivity contribution >= 4 is 28.4 Å². The molecule has 0 spiro atoms. The van der Waals surface area contributed by atoms with Gasteiger partial charge in [0.05, 0.1) is 15.9 Å². The number of nitrogens with one attached hydrogen (secondary N) is 1. The van der Waals surface area contributed by atoms with Crippen LogP contribution in [0.4, 0.5) is 5.82 Å². The molecule has 0 radical (unpaired) electrons. The highest BCUT2D eigenvalue weighted by Crippen LogP contribution is 2.28. The van der Waals surface area contributed by atoms with Crippen molar-refractivity contribution < 1.29 is 4.74 Å². The van der Waals surface area contributed by atoms with Crippen molar-refractivity contribution in [1.29, 1.82) is 0 Å². The average Bonchev–Trinajstić information content (AvgIpc) is 2.61. The van der Waals surface area contributed by atoms with E-state index < -0.39 is 0 Å². The molecular weight excluding hydrogens is 317 g/mol. The Morgan fingerprint density at radius 1 is 1.50 bits per heavy atom. The molecule has 1 heterocycles. The molecule has 0 unspecified atom stereocenters. The minimum Gasteiger partial charge on any atom is -0.494 e. The van der Waals surface area contributed by atoms with Crippen molar-refractivity contribution in [2.24, 2.45) is 0 Å².